The Bertz CT molecular complexity index is 1190. The second-order valence-electron chi connectivity index (χ2n) is 6.51. The molecule has 2 aromatic carbocycles. The molecule has 0 saturated carbocycles. The zero-order valence-corrected chi connectivity index (χ0v) is 16.6. The molecule has 4 aromatic rings. The van der Waals surface area contributed by atoms with E-state index >= 15 is 0 Å². The van der Waals surface area contributed by atoms with Gasteiger partial charge in [-0.25, -0.2) is 9.78 Å². The van der Waals surface area contributed by atoms with Crippen LogP contribution >= 0.6 is 11.6 Å². The van der Waals surface area contributed by atoms with Gasteiger partial charge in [0.15, 0.2) is 6.61 Å². The van der Waals surface area contributed by atoms with Gasteiger partial charge in [-0.1, -0.05) is 41.9 Å². The molecule has 2 heterocycles. The molecule has 150 valence electrons. The molecule has 6 nitrogen and oxygen atoms in total. The Labute approximate surface area is 177 Å². The highest BCUT2D eigenvalue weighted by Gasteiger charge is 2.16. The molecule has 0 atom stereocenters. The number of hydrogen-bond donors (Lipinski definition) is 1. The molecule has 0 radical (unpaired) electrons. The summed E-state index contributed by atoms with van der Waals surface area (Å²) in [4.78, 5) is 29.4. The van der Waals surface area contributed by atoms with E-state index in [1.807, 2.05) is 30.3 Å². The first-order valence-electron chi connectivity index (χ1n) is 9.22. The molecule has 0 aliphatic carbocycles. The van der Waals surface area contributed by atoms with Crippen LogP contribution in [0.3, 0.4) is 0 Å². The van der Waals surface area contributed by atoms with Gasteiger partial charge in [-0.15, -0.1) is 0 Å². The zero-order chi connectivity index (χ0) is 20.9. The molecule has 7 heteroatoms. The minimum absolute atomic E-state index is 0.224. The van der Waals surface area contributed by atoms with Crippen molar-refractivity contribution in [2.24, 2.45) is 0 Å². The second-order valence-corrected chi connectivity index (χ2v) is 6.95. The molecule has 1 N–H and O–H groups in total. The van der Waals surface area contributed by atoms with E-state index in [4.69, 9.17) is 20.8 Å². The van der Waals surface area contributed by atoms with Crippen molar-refractivity contribution in [1.29, 1.82) is 0 Å². The molecule has 0 bridgehead atoms. The zero-order valence-electron chi connectivity index (χ0n) is 15.8. The number of fused-ring (bicyclic) bond motifs is 1. The number of rotatable bonds is 6. The summed E-state index contributed by atoms with van der Waals surface area (Å²) < 4.78 is 10.4. The van der Waals surface area contributed by atoms with Crippen molar-refractivity contribution in [3.05, 3.63) is 89.3 Å². The first kappa shape index (κ1) is 19.7. The molecular weight excluding hydrogens is 404 g/mol. The van der Waals surface area contributed by atoms with Gasteiger partial charge in [-0.05, 0) is 36.4 Å². The fourth-order valence-electron chi connectivity index (χ4n) is 2.97. The number of carbonyl (C=O) groups excluding carboxylic acids is 2. The number of esters is 1. The second kappa shape index (κ2) is 8.80. The summed E-state index contributed by atoms with van der Waals surface area (Å²) >= 11 is 5.97. The molecule has 0 fully saturated rings. The normalized spacial score (nSPS) is 10.7. The van der Waals surface area contributed by atoms with Crippen LogP contribution in [0.1, 0.15) is 16.1 Å². The Hall–Kier alpha value is -3.64. The Morgan fingerprint density at radius 1 is 1.03 bits per heavy atom. The van der Waals surface area contributed by atoms with Crippen molar-refractivity contribution in [3.8, 4) is 11.3 Å². The molecule has 0 spiro atoms. The third kappa shape index (κ3) is 4.50. The van der Waals surface area contributed by atoms with Gasteiger partial charge in [0.25, 0.3) is 5.91 Å². The van der Waals surface area contributed by atoms with Crippen molar-refractivity contribution < 1.29 is 18.7 Å². The largest absolute Gasteiger partial charge is 0.467 e. The lowest BCUT2D eigenvalue weighted by Gasteiger charge is -2.10. The van der Waals surface area contributed by atoms with Gasteiger partial charge >= 0.3 is 5.97 Å². The third-order valence-corrected chi connectivity index (χ3v) is 4.70. The number of amides is 1. The van der Waals surface area contributed by atoms with Crippen LogP contribution in [-0.4, -0.2) is 23.5 Å². The van der Waals surface area contributed by atoms with Crippen LogP contribution in [0, 0.1) is 0 Å². The average Bonchev–Trinajstić information content (AvgIpc) is 3.29. The lowest BCUT2D eigenvalue weighted by atomic mass is 10.0. The van der Waals surface area contributed by atoms with Crippen LogP contribution < -0.4 is 5.32 Å². The number of nitrogens with one attached hydrogen (secondary N) is 1. The Morgan fingerprint density at radius 2 is 1.83 bits per heavy atom. The Kier molecular flexibility index (Phi) is 5.77. The maximum Gasteiger partial charge on any atom is 0.339 e. The lowest BCUT2D eigenvalue weighted by Crippen LogP contribution is -2.28. The van der Waals surface area contributed by atoms with E-state index in [0.29, 0.717) is 32.9 Å². The predicted octanol–water partition coefficient (Wildman–Crippen LogP) is 4.62. The highest BCUT2D eigenvalue weighted by molar-refractivity contribution is 6.30. The fourth-order valence-corrected chi connectivity index (χ4v) is 3.10. The van der Waals surface area contributed by atoms with Gasteiger partial charge in [0.2, 0.25) is 0 Å². The summed E-state index contributed by atoms with van der Waals surface area (Å²) in [6, 6.07) is 19.6. The van der Waals surface area contributed by atoms with Crippen molar-refractivity contribution in [2.45, 2.75) is 6.54 Å². The van der Waals surface area contributed by atoms with Crippen molar-refractivity contribution >= 4 is 34.4 Å². The van der Waals surface area contributed by atoms with E-state index in [0.717, 1.165) is 5.56 Å². The SMILES string of the molecule is O=C(COC(=O)c1cc(-c2ccc(Cl)cc2)nc2ccccc12)NCc1ccco1. The molecule has 30 heavy (non-hydrogen) atoms. The number of para-hydroxylation sites is 1. The number of pyridine rings is 1. The van der Waals surface area contributed by atoms with E-state index in [9.17, 15) is 9.59 Å². The van der Waals surface area contributed by atoms with Gasteiger partial charge in [-0.2, -0.15) is 0 Å². The van der Waals surface area contributed by atoms with Crippen LogP contribution in [0.15, 0.2) is 77.4 Å². The summed E-state index contributed by atoms with van der Waals surface area (Å²) in [6.07, 6.45) is 1.52. The van der Waals surface area contributed by atoms with Gasteiger partial charge < -0.3 is 14.5 Å². The molecule has 0 aliphatic rings. The predicted molar refractivity (Wildman–Crippen MR) is 113 cm³/mol. The number of halogens is 1. The quantitative estimate of drug-likeness (QED) is 0.460. The van der Waals surface area contributed by atoms with Gasteiger partial charge in [-0.3, -0.25) is 4.79 Å². The minimum Gasteiger partial charge on any atom is -0.467 e. The highest BCUT2D eigenvalue weighted by Crippen LogP contribution is 2.26. The highest BCUT2D eigenvalue weighted by atomic mass is 35.5. The molecule has 4 rings (SSSR count). The number of nitrogens with zero attached hydrogens (tertiary/aromatic N) is 1. The van der Waals surface area contributed by atoms with Gasteiger partial charge in [0.1, 0.15) is 5.76 Å². The summed E-state index contributed by atoms with van der Waals surface area (Å²) in [5.74, 6) is -0.407. The number of aromatic nitrogens is 1. The van der Waals surface area contributed by atoms with E-state index in [2.05, 4.69) is 10.3 Å². The Balaban J connectivity index is 1.53. The van der Waals surface area contributed by atoms with Crippen LogP contribution in [0.5, 0.6) is 0 Å². The fraction of sp³-hybridized carbons (Fsp3) is 0.0870. The molecule has 1 amide bonds. The van der Waals surface area contributed by atoms with Crippen LogP contribution in [0.25, 0.3) is 22.2 Å². The summed E-state index contributed by atoms with van der Waals surface area (Å²) in [5, 5.41) is 3.90. The molecular formula is C23H17ClN2O4. The number of hydrogen-bond acceptors (Lipinski definition) is 5. The monoisotopic (exact) mass is 420 g/mol. The van der Waals surface area contributed by atoms with E-state index < -0.39 is 18.5 Å². The van der Waals surface area contributed by atoms with Crippen LogP contribution in [-0.2, 0) is 16.1 Å². The van der Waals surface area contributed by atoms with E-state index in [-0.39, 0.29) is 6.54 Å². The topological polar surface area (TPSA) is 81.4 Å². The summed E-state index contributed by atoms with van der Waals surface area (Å²) in [7, 11) is 0. The number of ether oxygens (including phenoxy) is 1. The Morgan fingerprint density at radius 3 is 2.60 bits per heavy atom. The standard InChI is InChI=1S/C23H17ClN2O4/c24-16-9-7-15(8-10-16)21-12-19(18-5-1-2-6-20(18)26-21)23(28)30-14-22(27)25-13-17-4-3-11-29-17/h1-12H,13-14H2,(H,25,27). The molecule has 0 saturated heterocycles. The van der Waals surface area contributed by atoms with Gasteiger partial charge in [0.05, 0.1) is 29.6 Å². The maximum atomic E-state index is 12.8. The van der Waals surface area contributed by atoms with Crippen LogP contribution in [0.4, 0.5) is 0 Å². The van der Waals surface area contributed by atoms with Crippen molar-refractivity contribution in [1.82, 2.24) is 10.3 Å². The summed E-state index contributed by atoms with van der Waals surface area (Å²) in [6.45, 7) is -0.172. The molecule has 0 aliphatic heterocycles. The number of benzene rings is 2. The lowest BCUT2D eigenvalue weighted by molar-refractivity contribution is -0.124. The number of carbonyl (C=O) groups is 2. The van der Waals surface area contributed by atoms with E-state index in [1.165, 1.54) is 6.26 Å². The van der Waals surface area contributed by atoms with Crippen molar-refractivity contribution in [3.63, 3.8) is 0 Å². The molecule has 0 unspecified atom stereocenters. The van der Waals surface area contributed by atoms with E-state index in [1.54, 1.807) is 36.4 Å². The van der Waals surface area contributed by atoms with Crippen molar-refractivity contribution in [2.75, 3.05) is 6.61 Å². The average molecular weight is 421 g/mol. The van der Waals surface area contributed by atoms with Gasteiger partial charge in [0, 0.05) is 16.0 Å². The number of furan rings is 1. The smallest absolute Gasteiger partial charge is 0.339 e. The molecule has 2 aromatic heterocycles. The minimum atomic E-state index is -0.600. The van der Waals surface area contributed by atoms with Crippen LogP contribution in [0.2, 0.25) is 5.02 Å². The third-order valence-electron chi connectivity index (χ3n) is 4.45. The first-order valence-corrected chi connectivity index (χ1v) is 9.60. The first-order chi connectivity index (χ1) is 14.6. The maximum absolute atomic E-state index is 12.8. The summed E-state index contributed by atoms with van der Waals surface area (Å²) in [5.41, 5.74) is 2.42.